The van der Waals surface area contributed by atoms with Crippen molar-refractivity contribution < 1.29 is 9.53 Å². The molecule has 2 N–H and O–H groups in total. The fourth-order valence-corrected chi connectivity index (χ4v) is 3.74. The van der Waals surface area contributed by atoms with E-state index in [1.165, 1.54) is 22.5 Å². The summed E-state index contributed by atoms with van der Waals surface area (Å²) in [6, 6.07) is 16.7. The number of H-pyrrole nitrogens is 1. The number of aromatic nitrogens is 4. The third kappa shape index (κ3) is 4.20. The average Bonchev–Trinajstić information content (AvgIpc) is 3.26. The molecule has 0 bridgehead atoms. The van der Waals surface area contributed by atoms with Crippen LogP contribution in [0.25, 0.3) is 16.7 Å². The van der Waals surface area contributed by atoms with Crippen molar-refractivity contribution in [2.24, 2.45) is 0 Å². The number of benzene rings is 2. The second-order valence-electron chi connectivity index (χ2n) is 6.42. The monoisotopic (exact) mass is 421 g/mol. The van der Waals surface area contributed by atoms with Gasteiger partial charge in [0.2, 0.25) is 5.91 Å². The van der Waals surface area contributed by atoms with E-state index in [-0.39, 0.29) is 17.2 Å². The molecule has 0 unspecified atom stereocenters. The average molecular weight is 421 g/mol. The van der Waals surface area contributed by atoms with Gasteiger partial charge in [-0.15, -0.1) is 0 Å². The summed E-state index contributed by atoms with van der Waals surface area (Å²) in [6.45, 7) is 0.405. The van der Waals surface area contributed by atoms with Crippen molar-refractivity contribution in [2.45, 2.75) is 11.7 Å². The third-order valence-electron chi connectivity index (χ3n) is 4.45. The summed E-state index contributed by atoms with van der Waals surface area (Å²) < 4.78 is 6.63. The van der Waals surface area contributed by atoms with E-state index < -0.39 is 0 Å². The number of thioether (sulfide) groups is 1. The van der Waals surface area contributed by atoms with Crippen LogP contribution in [0.15, 0.2) is 70.7 Å². The van der Waals surface area contributed by atoms with E-state index in [1.54, 1.807) is 7.11 Å². The molecule has 8 nitrogen and oxygen atoms in total. The lowest BCUT2D eigenvalue weighted by atomic mass is 10.2. The molecule has 0 aliphatic heterocycles. The maximum Gasteiger partial charge on any atom is 0.269 e. The number of carbonyl (C=O) groups is 1. The van der Waals surface area contributed by atoms with Gasteiger partial charge >= 0.3 is 0 Å². The van der Waals surface area contributed by atoms with Crippen LogP contribution in [0.4, 0.5) is 0 Å². The van der Waals surface area contributed by atoms with Crippen LogP contribution in [-0.4, -0.2) is 38.5 Å². The van der Waals surface area contributed by atoms with E-state index >= 15 is 0 Å². The highest BCUT2D eigenvalue weighted by Crippen LogP contribution is 2.20. The van der Waals surface area contributed by atoms with Crippen LogP contribution in [-0.2, 0) is 11.3 Å². The summed E-state index contributed by atoms with van der Waals surface area (Å²) in [7, 11) is 1.61. The molecule has 0 atom stereocenters. The fraction of sp³-hybridized carbons (Fsp3) is 0.143. The minimum absolute atomic E-state index is 0.120. The van der Waals surface area contributed by atoms with Gasteiger partial charge in [0.25, 0.3) is 5.56 Å². The Morgan fingerprint density at radius 1 is 1.17 bits per heavy atom. The molecular weight excluding hydrogens is 402 g/mol. The SMILES string of the molecule is COc1ccc(CNC(=O)CSc2nc3[nH]ncc3c(=O)n2-c2ccccc2)cc1. The summed E-state index contributed by atoms with van der Waals surface area (Å²) in [6.07, 6.45) is 1.46. The fourth-order valence-electron chi connectivity index (χ4n) is 2.90. The van der Waals surface area contributed by atoms with E-state index in [2.05, 4.69) is 20.5 Å². The molecule has 0 spiro atoms. The third-order valence-corrected chi connectivity index (χ3v) is 5.39. The molecule has 0 fully saturated rings. The number of carbonyl (C=O) groups excluding carboxylic acids is 1. The molecule has 0 aliphatic rings. The highest BCUT2D eigenvalue weighted by Gasteiger charge is 2.15. The summed E-state index contributed by atoms with van der Waals surface area (Å²) in [4.78, 5) is 29.8. The minimum atomic E-state index is -0.235. The molecule has 4 rings (SSSR count). The Labute approximate surface area is 176 Å². The Kier molecular flexibility index (Phi) is 5.80. The van der Waals surface area contributed by atoms with Crippen molar-refractivity contribution in [2.75, 3.05) is 12.9 Å². The van der Waals surface area contributed by atoms with Crippen molar-refractivity contribution in [1.29, 1.82) is 0 Å². The summed E-state index contributed by atoms with van der Waals surface area (Å²) in [5.74, 6) is 0.726. The standard InChI is InChI=1S/C21H19N5O3S/c1-29-16-9-7-14(8-10-16)11-22-18(27)13-30-21-24-19-17(12-23-25-19)20(28)26(21)15-5-3-2-4-6-15/h2-10,12H,11,13H2,1H3,(H,22,27)(H,23,25). The molecule has 152 valence electrons. The number of hydrogen-bond acceptors (Lipinski definition) is 6. The van der Waals surface area contributed by atoms with Gasteiger partial charge < -0.3 is 10.1 Å². The van der Waals surface area contributed by atoms with Crippen LogP contribution >= 0.6 is 11.8 Å². The van der Waals surface area contributed by atoms with Gasteiger partial charge in [-0.05, 0) is 29.8 Å². The number of hydrogen-bond donors (Lipinski definition) is 2. The molecule has 2 heterocycles. The number of nitrogens with one attached hydrogen (secondary N) is 2. The Hall–Kier alpha value is -3.59. The number of fused-ring (bicyclic) bond motifs is 1. The highest BCUT2D eigenvalue weighted by molar-refractivity contribution is 7.99. The first kappa shape index (κ1) is 19.7. The van der Waals surface area contributed by atoms with E-state index in [0.29, 0.717) is 28.4 Å². The van der Waals surface area contributed by atoms with Crippen molar-refractivity contribution in [3.05, 3.63) is 76.7 Å². The van der Waals surface area contributed by atoms with Gasteiger partial charge in [-0.2, -0.15) is 5.10 Å². The maximum atomic E-state index is 13.0. The first-order chi connectivity index (χ1) is 14.7. The molecule has 30 heavy (non-hydrogen) atoms. The van der Waals surface area contributed by atoms with Crippen molar-refractivity contribution in [3.63, 3.8) is 0 Å². The second kappa shape index (κ2) is 8.83. The maximum absolute atomic E-state index is 13.0. The smallest absolute Gasteiger partial charge is 0.269 e. The van der Waals surface area contributed by atoms with Crippen LogP contribution in [0.2, 0.25) is 0 Å². The van der Waals surface area contributed by atoms with Crippen molar-refractivity contribution in [3.8, 4) is 11.4 Å². The number of para-hydroxylation sites is 1. The van der Waals surface area contributed by atoms with Crippen molar-refractivity contribution >= 4 is 28.7 Å². The zero-order chi connectivity index (χ0) is 20.9. The van der Waals surface area contributed by atoms with E-state index in [1.807, 2.05) is 54.6 Å². The van der Waals surface area contributed by atoms with E-state index in [0.717, 1.165) is 11.3 Å². The molecule has 9 heteroatoms. The number of nitrogens with zero attached hydrogens (tertiary/aromatic N) is 3. The van der Waals surface area contributed by atoms with Gasteiger partial charge in [-0.1, -0.05) is 42.1 Å². The van der Waals surface area contributed by atoms with Gasteiger partial charge in [0.15, 0.2) is 10.8 Å². The summed E-state index contributed by atoms with van der Waals surface area (Å²) in [5.41, 5.74) is 1.81. The zero-order valence-corrected chi connectivity index (χ0v) is 17.0. The molecule has 0 radical (unpaired) electrons. The van der Waals surface area contributed by atoms with Gasteiger partial charge in [0.05, 0.1) is 24.7 Å². The highest BCUT2D eigenvalue weighted by atomic mass is 32.2. The van der Waals surface area contributed by atoms with Gasteiger partial charge in [-0.25, -0.2) is 4.98 Å². The first-order valence-electron chi connectivity index (χ1n) is 9.19. The van der Waals surface area contributed by atoms with Crippen LogP contribution in [0.3, 0.4) is 0 Å². The molecule has 0 saturated carbocycles. The topological polar surface area (TPSA) is 102 Å². The molecule has 1 amide bonds. The molecule has 0 aliphatic carbocycles. The number of methoxy groups -OCH3 is 1. The molecule has 4 aromatic rings. The lowest BCUT2D eigenvalue weighted by Crippen LogP contribution is -2.26. The Morgan fingerprint density at radius 3 is 2.67 bits per heavy atom. The molecular formula is C21H19N5O3S. The Morgan fingerprint density at radius 2 is 1.93 bits per heavy atom. The normalized spacial score (nSPS) is 10.8. The predicted molar refractivity (Wildman–Crippen MR) is 115 cm³/mol. The Balaban J connectivity index is 1.50. The van der Waals surface area contributed by atoms with Crippen molar-refractivity contribution in [1.82, 2.24) is 25.1 Å². The van der Waals surface area contributed by atoms with Crippen LogP contribution < -0.4 is 15.6 Å². The van der Waals surface area contributed by atoms with Gasteiger partial charge in [-0.3, -0.25) is 19.3 Å². The van der Waals surface area contributed by atoms with Gasteiger partial charge in [0, 0.05) is 6.54 Å². The lowest BCUT2D eigenvalue weighted by molar-refractivity contribution is -0.118. The summed E-state index contributed by atoms with van der Waals surface area (Å²) in [5, 5.41) is 10.3. The lowest BCUT2D eigenvalue weighted by Gasteiger charge is -2.12. The second-order valence-corrected chi connectivity index (χ2v) is 7.36. The number of amides is 1. The van der Waals surface area contributed by atoms with Gasteiger partial charge in [0.1, 0.15) is 11.1 Å². The number of ether oxygens (including phenoxy) is 1. The predicted octanol–water partition coefficient (Wildman–Crippen LogP) is 2.53. The number of aromatic amines is 1. The molecule has 0 saturated heterocycles. The Bertz CT molecular complexity index is 1220. The summed E-state index contributed by atoms with van der Waals surface area (Å²) >= 11 is 1.20. The molecule has 2 aromatic heterocycles. The van der Waals surface area contributed by atoms with Crippen LogP contribution in [0.5, 0.6) is 5.75 Å². The van der Waals surface area contributed by atoms with E-state index in [9.17, 15) is 9.59 Å². The number of rotatable bonds is 7. The minimum Gasteiger partial charge on any atom is -0.497 e. The van der Waals surface area contributed by atoms with Crippen LogP contribution in [0.1, 0.15) is 5.56 Å². The quantitative estimate of drug-likeness (QED) is 0.351. The molecule has 2 aromatic carbocycles. The first-order valence-corrected chi connectivity index (χ1v) is 10.2. The largest absolute Gasteiger partial charge is 0.497 e. The van der Waals surface area contributed by atoms with Crippen LogP contribution in [0, 0.1) is 0 Å². The zero-order valence-electron chi connectivity index (χ0n) is 16.2. The van der Waals surface area contributed by atoms with E-state index in [4.69, 9.17) is 4.74 Å².